The molecule has 1 rings (SSSR count). The lowest BCUT2D eigenvalue weighted by Crippen LogP contribution is -2.43. The topological polar surface area (TPSA) is 23.5 Å². The Morgan fingerprint density at radius 1 is 1.06 bits per heavy atom. The van der Waals surface area contributed by atoms with Crippen molar-refractivity contribution in [1.29, 1.82) is 0 Å². The van der Waals surface area contributed by atoms with Gasteiger partial charge in [0.2, 0.25) is 0 Å². The molecule has 0 aliphatic carbocycles. The summed E-state index contributed by atoms with van der Waals surface area (Å²) in [7, 11) is 0. The normalized spacial score (nSPS) is 13.6. The van der Waals surface area contributed by atoms with Gasteiger partial charge in [0.15, 0.2) is 0 Å². The molecule has 98 valence electrons. The number of benzene rings is 1. The molecular formula is C15H27NO. The predicted octanol–water partition coefficient (Wildman–Crippen LogP) is 4.51. The van der Waals surface area contributed by atoms with Crippen molar-refractivity contribution >= 4 is 0 Å². The Bertz CT molecular complexity index is 313. The highest BCUT2D eigenvalue weighted by molar-refractivity contribution is 5.19. The molecule has 1 atom stereocenters. The van der Waals surface area contributed by atoms with E-state index in [0.717, 1.165) is 5.56 Å². The minimum atomic E-state index is -0.245. The van der Waals surface area contributed by atoms with Crippen LogP contribution in [0.5, 0.6) is 0 Å². The van der Waals surface area contributed by atoms with Crippen molar-refractivity contribution in [1.82, 2.24) is 5.06 Å². The fraction of sp³-hybridized carbons (Fsp3) is 0.600. The highest BCUT2D eigenvalue weighted by Gasteiger charge is 2.30. The van der Waals surface area contributed by atoms with E-state index in [9.17, 15) is 5.21 Å². The highest BCUT2D eigenvalue weighted by atomic mass is 16.5. The van der Waals surface area contributed by atoms with E-state index in [-0.39, 0.29) is 19.0 Å². The average molecular weight is 237 g/mol. The minimum absolute atomic E-state index is 0. The lowest BCUT2D eigenvalue weighted by molar-refractivity contribution is -0.199. The first-order chi connectivity index (χ1) is 7.34. The quantitative estimate of drug-likeness (QED) is 0.782. The van der Waals surface area contributed by atoms with Gasteiger partial charge in [0, 0.05) is 5.54 Å². The second-order valence-corrected chi connectivity index (χ2v) is 5.61. The van der Waals surface area contributed by atoms with Crippen molar-refractivity contribution in [3.8, 4) is 0 Å². The van der Waals surface area contributed by atoms with Gasteiger partial charge in [0.05, 0.1) is 6.04 Å². The van der Waals surface area contributed by atoms with E-state index in [1.165, 1.54) is 5.06 Å². The molecule has 0 saturated carbocycles. The van der Waals surface area contributed by atoms with E-state index in [1.807, 2.05) is 39.0 Å². The zero-order chi connectivity index (χ0) is 12.3. The van der Waals surface area contributed by atoms with Crippen LogP contribution >= 0.6 is 0 Å². The van der Waals surface area contributed by atoms with Crippen LogP contribution in [-0.2, 0) is 0 Å². The molecular weight excluding hydrogens is 210 g/mol. The number of hydrogen-bond acceptors (Lipinski definition) is 2. The molecule has 17 heavy (non-hydrogen) atoms. The summed E-state index contributed by atoms with van der Waals surface area (Å²) in [5.74, 6) is 0.367. The average Bonchev–Trinajstić information content (AvgIpc) is 2.17. The van der Waals surface area contributed by atoms with Crippen molar-refractivity contribution < 1.29 is 5.21 Å². The first-order valence-corrected chi connectivity index (χ1v) is 5.87. The molecule has 0 aromatic heterocycles. The maximum atomic E-state index is 10.3. The van der Waals surface area contributed by atoms with Crippen LogP contribution in [0.1, 0.15) is 53.7 Å². The van der Waals surface area contributed by atoms with Crippen molar-refractivity contribution in [3.05, 3.63) is 35.9 Å². The van der Waals surface area contributed by atoms with Crippen molar-refractivity contribution in [2.24, 2.45) is 5.92 Å². The maximum Gasteiger partial charge on any atom is 0.0628 e. The zero-order valence-corrected chi connectivity index (χ0v) is 10.9. The van der Waals surface area contributed by atoms with Gasteiger partial charge in [-0.15, -0.1) is 0 Å². The first kappa shape index (κ1) is 16.1. The lowest BCUT2D eigenvalue weighted by Gasteiger charge is -2.38. The molecule has 0 aliphatic rings. The van der Waals surface area contributed by atoms with E-state index in [2.05, 4.69) is 26.0 Å². The monoisotopic (exact) mass is 237 g/mol. The molecule has 0 aliphatic heterocycles. The summed E-state index contributed by atoms with van der Waals surface area (Å²) in [5, 5.41) is 11.8. The summed E-state index contributed by atoms with van der Waals surface area (Å²) in [5.41, 5.74) is 0.917. The minimum Gasteiger partial charge on any atom is -0.313 e. The maximum absolute atomic E-state index is 10.3. The molecule has 1 aromatic rings. The van der Waals surface area contributed by atoms with Gasteiger partial charge >= 0.3 is 0 Å². The summed E-state index contributed by atoms with van der Waals surface area (Å²) in [6.07, 6.45) is 0. The Morgan fingerprint density at radius 3 is 1.88 bits per heavy atom. The lowest BCUT2D eigenvalue weighted by atomic mass is 9.92. The van der Waals surface area contributed by atoms with E-state index in [4.69, 9.17) is 0 Å². The fourth-order valence-corrected chi connectivity index (χ4v) is 1.88. The molecule has 0 bridgehead atoms. The molecule has 1 N–H and O–H groups in total. The van der Waals surface area contributed by atoms with Gasteiger partial charge in [-0.3, -0.25) is 0 Å². The van der Waals surface area contributed by atoms with Gasteiger partial charge in [0.25, 0.3) is 0 Å². The Morgan fingerprint density at radius 2 is 1.53 bits per heavy atom. The van der Waals surface area contributed by atoms with E-state index < -0.39 is 0 Å². The number of hydrogen-bond donors (Lipinski definition) is 1. The zero-order valence-electron chi connectivity index (χ0n) is 10.9. The molecule has 0 spiro atoms. The molecule has 0 saturated heterocycles. The van der Waals surface area contributed by atoms with E-state index in [0.29, 0.717) is 5.92 Å². The summed E-state index contributed by atoms with van der Waals surface area (Å²) < 4.78 is 0. The summed E-state index contributed by atoms with van der Waals surface area (Å²) in [4.78, 5) is 0. The third kappa shape index (κ3) is 4.14. The van der Waals surface area contributed by atoms with Crippen LogP contribution in [0.4, 0.5) is 0 Å². The van der Waals surface area contributed by atoms with Crippen molar-refractivity contribution in [2.75, 3.05) is 0 Å². The van der Waals surface area contributed by atoms with Gasteiger partial charge < -0.3 is 5.21 Å². The van der Waals surface area contributed by atoms with Crippen LogP contribution < -0.4 is 0 Å². The molecule has 0 amide bonds. The van der Waals surface area contributed by atoms with Crippen LogP contribution in [0.25, 0.3) is 0 Å². The third-order valence-electron chi connectivity index (χ3n) is 2.72. The molecule has 1 unspecified atom stereocenters. The molecule has 0 radical (unpaired) electrons. The third-order valence-corrected chi connectivity index (χ3v) is 2.72. The molecule has 0 fully saturated rings. The second-order valence-electron chi connectivity index (χ2n) is 5.61. The van der Waals surface area contributed by atoms with Gasteiger partial charge in [-0.05, 0) is 32.3 Å². The Kier molecular flexibility index (Phi) is 5.86. The van der Waals surface area contributed by atoms with E-state index >= 15 is 0 Å². The van der Waals surface area contributed by atoms with E-state index in [1.54, 1.807) is 0 Å². The van der Waals surface area contributed by atoms with Gasteiger partial charge in [-0.1, -0.05) is 51.6 Å². The predicted molar refractivity (Wildman–Crippen MR) is 74.1 cm³/mol. The second kappa shape index (κ2) is 6.18. The molecule has 2 nitrogen and oxygen atoms in total. The van der Waals surface area contributed by atoms with Gasteiger partial charge in [-0.25, -0.2) is 0 Å². The van der Waals surface area contributed by atoms with Crippen LogP contribution in [0.2, 0.25) is 0 Å². The number of hydroxylamine groups is 2. The number of rotatable bonds is 3. The molecule has 2 heteroatoms. The molecule has 0 heterocycles. The number of nitrogens with zero attached hydrogens (tertiary/aromatic N) is 1. The Labute approximate surface area is 106 Å². The summed E-state index contributed by atoms with van der Waals surface area (Å²) >= 11 is 0. The summed E-state index contributed by atoms with van der Waals surface area (Å²) in [6, 6.07) is 10.2. The Balaban J connectivity index is 0.00000256. The summed E-state index contributed by atoms with van der Waals surface area (Å²) in [6.45, 7) is 10.3. The van der Waals surface area contributed by atoms with Gasteiger partial charge in [0.1, 0.15) is 0 Å². The smallest absolute Gasteiger partial charge is 0.0628 e. The Hall–Kier alpha value is -0.860. The van der Waals surface area contributed by atoms with Crippen LogP contribution in [0, 0.1) is 5.92 Å². The highest BCUT2D eigenvalue weighted by Crippen LogP contribution is 2.31. The van der Waals surface area contributed by atoms with Crippen molar-refractivity contribution in [2.45, 2.75) is 53.6 Å². The fourth-order valence-electron chi connectivity index (χ4n) is 1.88. The molecule has 1 aromatic carbocycles. The van der Waals surface area contributed by atoms with Crippen molar-refractivity contribution in [3.63, 3.8) is 0 Å². The van der Waals surface area contributed by atoms with Crippen LogP contribution in [0.15, 0.2) is 30.3 Å². The SMILES string of the molecule is C.CC(C)C(c1ccccc1)N(O)C(C)(C)C. The van der Waals surface area contributed by atoms with Crippen LogP contribution in [-0.4, -0.2) is 15.8 Å². The van der Waals surface area contributed by atoms with Crippen LogP contribution in [0.3, 0.4) is 0 Å². The van der Waals surface area contributed by atoms with Gasteiger partial charge in [-0.2, -0.15) is 5.06 Å². The largest absolute Gasteiger partial charge is 0.313 e. The first-order valence-electron chi connectivity index (χ1n) is 5.87. The standard InChI is InChI=1S/C14H23NO.CH4/c1-11(2)13(15(16)14(3,4)5)12-9-7-6-8-10-12;/h6-11,13,16H,1-5H3;1H4.